The normalized spacial score (nSPS) is 28.4. The standard InChI is InChI=1S/C23H31ClN2O3/c1-3-22(4-2)11-12-26(15-22)21(28)16-7-9-23(10-8-16)14-25-20(27)18-13-17(24)5-6-19(18)29-23/h5-6,13,16H,3-4,7-12,14-15H2,1-2H3,(H,25,27). The van der Waals surface area contributed by atoms with Crippen LogP contribution in [0.3, 0.4) is 0 Å². The van der Waals surface area contributed by atoms with Crippen molar-refractivity contribution in [2.75, 3.05) is 19.6 Å². The molecule has 2 fully saturated rings. The highest BCUT2D eigenvalue weighted by molar-refractivity contribution is 6.31. The summed E-state index contributed by atoms with van der Waals surface area (Å²) in [5.41, 5.74) is 0.360. The van der Waals surface area contributed by atoms with Crippen LogP contribution in [0.25, 0.3) is 0 Å². The van der Waals surface area contributed by atoms with Crippen molar-refractivity contribution < 1.29 is 14.3 Å². The van der Waals surface area contributed by atoms with Gasteiger partial charge in [-0.1, -0.05) is 25.4 Å². The summed E-state index contributed by atoms with van der Waals surface area (Å²) in [6, 6.07) is 5.19. The summed E-state index contributed by atoms with van der Waals surface area (Å²) < 4.78 is 6.37. The maximum absolute atomic E-state index is 13.1. The van der Waals surface area contributed by atoms with Crippen LogP contribution in [0.1, 0.15) is 69.2 Å². The molecule has 1 aromatic rings. The van der Waals surface area contributed by atoms with Gasteiger partial charge in [0.05, 0.1) is 12.1 Å². The Morgan fingerprint density at radius 2 is 1.97 bits per heavy atom. The van der Waals surface area contributed by atoms with Gasteiger partial charge in [0.2, 0.25) is 5.91 Å². The van der Waals surface area contributed by atoms with Crippen molar-refractivity contribution in [3.8, 4) is 5.75 Å². The maximum atomic E-state index is 13.1. The molecule has 0 unspecified atom stereocenters. The fourth-order valence-electron chi connectivity index (χ4n) is 5.25. The van der Waals surface area contributed by atoms with Gasteiger partial charge in [0.15, 0.2) is 0 Å². The number of hydrogen-bond acceptors (Lipinski definition) is 3. The van der Waals surface area contributed by atoms with Crippen LogP contribution in [0.5, 0.6) is 5.75 Å². The van der Waals surface area contributed by atoms with Gasteiger partial charge in [-0.25, -0.2) is 0 Å². The van der Waals surface area contributed by atoms with Crippen molar-refractivity contribution >= 4 is 23.4 Å². The number of ether oxygens (including phenoxy) is 1. The Balaban J connectivity index is 1.42. The van der Waals surface area contributed by atoms with Gasteiger partial charge in [-0.15, -0.1) is 0 Å². The predicted octanol–water partition coefficient (Wildman–Crippen LogP) is 4.43. The zero-order valence-electron chi connectivity index (χ0n) is 17.4. The first kappa shape index (κ1) is 20.5. The summed E-state index contributed by atoms with van der Waals surface area (Å²) >= 11 is 6.05. The highest BCUT2D eigenvalue weighted by Gasteiger charge is 2.44. The molecule has 0 bridgehead atoms. The molecule has 1 aromatic carbocycles. The third-order valence-corrected chi connectivity index (χ3v) is 7.81. The average Bonchev–Trinajstić information content (AvgIpc) is 3.13. The first-order chi connectivity index (χ1) is 13.9. The molecule has 29 heavy (non-hydrogen) atoms. The molecule has 0 radical (unpaired) electrons. The molecule has 0 atom stereocenters. The van der Waals surface area contributed by atoms with Gasteiger partial charge in [-0.3, -0.25) is 9.59 Å². The molecule has 1 aliphatic carbocycles. The number of amides is 2. The van der Waals surface area contributed by atoms with Crippen LogP contribution in [0, 0.1) is 11.3 Å². The molecule has 2 aliphatic heterocycles. The van der Waals surface area contributed by atoms with Crippen LogP contribution >= 0.6 is 11.6 Å². The Bertz CT molecular complexity index is 797. The Kier molecular flexibility index (Phi) is 5.54. The second-order valence-electron chi connectivity index (χ2n) is 9.10. The largest absolute Gasteiger partial charge is 0.485 e. The number of rotatable bonds is 3. The first-order valence-corrected chi connectivity index (χ1v) is 11.3. The van der Waals surface area contributed by atoms with Gasteiger partial charge in [0, 0.05) is 24.0 Å². The fraction of sp³-hybridized carbons (Fsp3) is 0.652. The first-order valence-electron chi connectivity index (χ1n) is 10.9. The van der Waals surface area contributed by atoms with Crippen LogP contribution in [-0.2, 0) is 4.79 Å². The van der Waals surface area contributed by atoms with Gasteiger partial charge in [-0.05, 0) is 68.6 Å². The molecule has 4 rings (SSSR count). The zero-order chi connectivity index (χ0) is 20.6. The molecule has 5 nitrogen and oxygen atoms in total. The number of hydrogen-bond donors (Lipinski definition) is 1. The van der Waals surface area contributed by atoms with Crippen LogP contribution in [0.4, 0.5) is 0 Å². The van der Waals surface area contributed by atoms with Crippen molar-refractivity contribution in [1.82, 2.24) is 10.2 Å². The molecule has 1 N–H and O–H groups in total. The second kappa shape index (κ2) is 7.82. The summed E-state index contributed by atoms with van der Waals surface area (Å²) in [6.07, 6.45) is 6.55. The van der Waals surface area contributed by atoms with Crippen LogP contribution < -0.4 is 10.1 Å². The van der Waals surface area contributed by atoms with Gasteiger partial charge in [0.25, 0.3) is 5.91 Å². The smallest absolute Gasteiger partial charge is 0.255 e. The average molecular weight is 419 g/mol. The molecule has 158 valence electrons. The summed E-state index contributed by atoms with van der Waals surface area (Å²) in [5, 5.41) is 3.52. The van der Waals surface area contributed by atoms with Crippen molar-refractivity contribution in [2.45, 2.75) is 64.4 Å². The van der Waals surface area contributed by atoms with Gasteiger partial charge < -0.3 is 15.0 Å². The minimum Gasteiger partial charge on any atom is -0.485 e. The van der Waals surface area contributed by atoms with E-state index in [0.29, 0.717) is 34.2 Å². The summed E-state index contributed by atoms with van der Waals surface area (Å²) in [6.45, 7) is 6.75. The third-order valence-electron chi connectivity index (χ3n) is 7.58. The summed E-state index contributed by atoms with van der Waals surface area (Å²) in [5.74, 6) is 0.820. The highest BCUT2D eigenvalue weighted by atomic mass is 35.5. The monoisotopic (exact) mass is 418 g/mol. The number of nitrogens with zero attached hydrogens (tertiary/aromatic N) is 1. The summed E-state index contributed by atoms with van der Waals surface area (Å²) in [7, 11) is 0. The third kappa shape index (κ3) is 3.86. The van der Waals surface area contributed by atoms with Crippen molar-refractivity contribution in [3.63, 3.8) is 0 Å². The fourth-order valence-corrected chi connectivity index (χ4v) is 5.42. The molecular weight excluding hydrogens is 388 g/mol. The Morgan fingerprint density at radius 1 is 1.24 bits per heavy atom. The van der Waals surface area contributed by atoms with E-state index in [4.69, 9.17) is 16.3 Å². The quantitative estimate of drug-likeness (QED) is 0.789. The highest BCUT2D eigenvalue weighted by Crippen LogP contribution is 2.42. The Hall–Kier alpha value is -1.75. The van der Waals surface area contributed by atoms with E-state index < -0.39 is 5.60 Å². The van der Waals surface area contributed by atoms with Gasteiger partial charge >= 0.3 is 0 Å². The van der Waals surface area contributed by atoms with Gasteiger partial charge in [0.1, 0.15) is 11.4 Å². The van der Waals surface area contributed by atoms with E-state index in [1.807, 2.05) is 0 Å². The SMILES string of the molecule is CCC1(CC)CCN(C(=O)C2CCC3(CC2)CNC(=O)c2cc(Cl)ccc2O3)C1. The van der Waals surface area contributed by atoms with E-state index in [9.17, 15) is 9.59 Å². The van der Waals surface area contributed by atoms with Crippen molar-refractivity contribution in [3.05, 3.63) is 28.8 Å². The number of carbonyl (C=O) groups excluding carboxylic acids is 2. The molecular formula is C23H31ClN2O3. The molecule has 6 heteroatoms. The minimum atomic E-state index is -0.437. The zero-order valence-corrected chi connectivity index (χ0v) is 18.2. The Morgan fingerprint density at radius 3 is 2.62 bits per heavy atom. The van der Waals surface area contributed by atoms with E-state index in [1.165, 1.54) is 0 Å². The van der Waals surface area contributed by atoms with Gasteiger partial charge in [-0.2, -0.15) is 0 Å². The molecule has 1 spiro atoms. The lowest BCUT2D eigenvalue weighted by molar-refractivity contribution is -0.137. The van der Waals surface area contributed by atoms with E-state index >= 15 is 0 Å². The van der Waals surface area contributed by atoms with Crippen LogP contribution in [0.15, 0.2) is 18.2 Å². The van der Waals surface area contributed by atoms with E-state index in [2.05, 4.69) is 24.1 Å². The molecule has 1 saturated heterocycles. The number of carbonyl (C=O) groups is 2. The molecule has 1 saturated carbocycles. The minimum absolute atomic E-state index is 0.0670. The number of halogens is 1. The van der Waals surface area contributed by atoms with Crippen molar-refractivity contribution in [1.29, 1.82) is 0 Å². The number of fused-ring (bicyclic) bond motifs is 1. The molecule has 3 aliphatic rings. The lowest BCUT2D eigenvalue weighted by atomic mass is 9.77. The molecule has 2 heterocycles. The Labute approximate surface area is 178 Å². The lowest BCUT2D eigenvalue weighted by Gasteiger charge is -2.40. The number of nitrogens with one attached hydrogen (secondary N) is 1. The molecule has 2 amide bonds. The molecule has 0 aromatic heterocycles. The van der Waals surface area contributed by atoms with E-state index in [0.717, 1.165) is 58.0 Å². The lowest BCUT2D eigenvalue weighted by Crippen LogP contribution is -2.49. The number of benzene rings is 1. The van der Waals surface area contributed by atoms with Crippen LogP contribution in [0.2, 0.25) is 5.02 Å². The van der Waals surface area contributed by atoms with Crippen LogP contribution in [-0.4, -0.2) is 41.9 Å². The number of likely N-dealkylation sites (tertiary alicyclic amines) is 1. The van der Waals surface area contributed by atoms with Crippen molar-refractivity contribution in [2.24, 2.45) is 11.3 Å². The predicted molar refractivity (Wildman–Crippen MR) is 113 cm³/mol. The summed E-state index contributed by atoms with van der Waals surface area (Å²) in [4.78, 5) is 27.7. The second-order valence-corrected chi connectivity index (χ2v) is 9.54. The maximum Gasteiger partial charge on any atom is 0.255 e. The van der Waals surface area contributed by atoms with E-state index in [1.54, 1.807) is 18.2 Å². The topological polar surface area (TPSA) is 58.6 Å². The van der Waals surface area contributed by atoms with E-state index in [-0.39, 0.29) is 11.8 Å².